The Morgan fingerprint density at radius 1 is 1.18 bits per heavy atom. The van der Waals surface area contributed by atoms with Crippen molar-refractivity contribution in [2.45, 2.75) is 32.4 Å². The Labute approximate surface area is 177 Å². The summed E-state index contributed by atoms with van der Waals surface area (Å²) in [5, 5.41) is 9.13. The second-order valence-electron chi connectivity index (χ2n) is 6.65. The number of nitrogens with one attached hydrogen (secondary N) is 3. The number of carbonyl (C=O) groups is 2. The van der Waals surface area contributed by atoms with Gasteiger partial charge in [-0.2, -0.15) is 0 Å². The molecular formula is C20H26Cl2N4O2. The molecule has 28 heavy (non-hydrogen) atoms. The molecule has 6 nitrogen and oxygen atoms in total. The highest BCUT2D eigenvalue weighted by Crippen LogP contribution is 2.19. The van der Waals surface area contributed by atoms with E-state index in [1.54, 1.807) is 30.5 Å². The smallest absolute Gasteiger partial charge is 0.251 e. The fourth-order valence-electron chi connectivity index (χ4n) is 3.13. The summed E-state index contributed by atoms with van der Waals surface area (Å²) in [5.74, 6) is -0.167. The second-order valence-corrected chi connectivity index (χ2v) is 6.65. The van der Waals surface area contributed by atoms with Crippen LogP contribution in [0, 0.1) is 5.92 Å². The van der Waals surface area contributed by atoms with Crippen LogP contribution in [-0.4, -0.2) is 29.4 Å². The molecule has 0 aliphatic carbocycles. The number of rotatable bonds is 5. The Kier molecular flexibility index (Phi) is 9.93. The Morgan fingerprint density at radius 2 is 2.00 bits per heavy atom. The topological polar surface area (TPSA) is 83.1 Å². The maximum Gasteiger partial charge on any atom is 0.251 e. The molecule has 0 bridgehead atoms. The van der Waals surface area contributed by atoms with Crippen LogP contribution in [0.4, 0.5) is 5.69 Å². The van der Waals surface area contributed by atoms with Crippen LogP contribution in [0.5, 0.6) is 0 Å². The Balaban J connectivity index is 0.00000196. The zero-order chi connectivity index (χ0) is 18.4. The lowest BCUT2D eigenvalue weighted by Crippen LogP contribution is -2.40. The summed E-state index contributed by atoms with van der Waals surface area (Å²) in [6, 6.07) is 12.9. The van der Waals surface area contributed by atoms with Crippen LogP contribution in [0.15, 0.2) is 48.7 Å². The summed E-state index contributed by atoms with van der Waals surface area (Å²) in [5.41, 5.74) is 1.95. The van der Waals surface area contributed by atoms with Gasteiger partial charge in [-0.25, -0.2) is 0 Å². The van der Waals surface area contributed by atoms with Gasteiger partial charge in [-0.1, -0.05) is 12.1 Å². The molecule has 0 radical (unpaired) electrons. The van der Waals surface area contributed by atoms with Crippen molar-refractivity contribution in [3.63, 3.8) is 0 Å². The fourth-order valence-corrected chi connectivity index (χ4v) is 3.13. The highest BCUT2D eigenvalue weighted by atomic mass is 35.5. The van der Waals surface area contributed by atoms with Crippen LogP contribution in [0.25, 0.3) is 0 Å². The van der Waals surface area contributed by atoms with Gasteiger partial charge in [-0.05, 0) is 56.6 Å². The van der Waals surface area contributed by atoms with Crippen molar-refractivity contribution in [2.24, 2.45) is 5.92 Å². The number of hydrogen-bond acceptors (Lipinski definition) is 4. The molecule has 2 atom stereocenters. The van der Waals surface area contributed by atoms with Crippen molar-refractivity contribution >= 4 is 42.3 Å². The molecule has 1 aromatic carbocycles. The quantitative estimate of drug-likeness (QED) is 0.687. The highest BCUT2D eigenvalue weighted by molar-refractivity contribution is 5.97. The highest BCUT2D eigenvalue weighted by Gasteiger charge is 2.24. The molecule has 1 aliphatic rings. The number of carbonyl (C=O) groups excluding carboxylic acids is 2. The first-order valence-corrected chi connectivity index (χ1v) is 8.94. The van der Waals surface area contributed by atoms with Gasteiger partial charge in [0.05, 0.1) is 12.2 Å². The van der Waals surface area contributed by atoms with Crippen molar-refractivity contribution < 1.29 is 9.59 Å². The molecule has 8 heteroatoms. The third kappa shape index (κ3) is 6.78. The molecule has 0 saturated carbocycles. The standard InChI is InChI=1S/C20H24N4O2.2ClH/c1-14-11-16(8-10-21-14)20(26)24-17-7-4-5-15(12-17)19(25)23-13-18-6-2-3-9-22-18;;/h2-7,9,12,14,16,21H,8,10-11,13H2,1H3,(H,23,25)(H,24,26);2*1H/t14-,16-;;/m0../s1. The number of nitrogens with zero attached hydrogens (tertiary/aromatic N) is 1. The van der Waals surface area contributed by atoms with E-state index in [9.17, 15) is 9.59 Å². The molecule has 152 valence electrons. The average molecular weight is 425 g/mol. The van der Waals surface area contributed by atoms with Gasteiger partial charge in [0.2, 0.25) is 5.91 Å². The number of amides is 2. The number of pyridine rings is 1. The van der Waals surface area contributed by atoms with Gasteiger partial charge in [-0.15, -0.1) is 24.8 Å². The second kappa shape index (κ2) is 11.6. The molecule has 3 N–H and O–H groups in total. The Bertz CT molecular complexity index is 774. The van der Waals surface area contributed by atoms with E-state index < -0.39 is 0 Å². The molecule has 2 heterocycles. The molecule has 3 rings (SSSR count). The summed E-state index contributed by atoms with van der Waals surface area (Å²) in [6.07, 6.45) is 3.36. The number of anilines is 1. The SMILES string of the molecule is C[C@H]1C[C@@H](C(=O)Nc2cccc(C(=O)NCc3ccccn3)c2)CCN1.Cl.Cl. The van der Waals surface area contributed by atoms with E-state index >= 15 is 0 Å². The Hall–Kier alpha value is -2.15. The van der Waals surface area contributed by atoms with Crippen LogP contribution in [0.3, 0.4) is 0 Å². The molecule has 2 aromatic rings. The minimum absolute atomic E-state index is 0. The van der Waals surface area contributed by atoms with Crippen molar-refractivity contribution in [3.05, 3.63) is 59.9 Å². The normalized spacial score (nSPS) is 18.2. The van der Waals surface area contributed by atoms with Gasteiger partial charge in [0.25, 0.3) is 5.91 Å². The maximum absolute atomic E-state index is 12.5. The first-order chi connectivity index (χ1) is 12.6. The van der Waals surface area contributed by atoms with E-state index in [4.69, 9.17) is 0 Å². The van der Waals surface area contributed by atoms with E-state index in [1.807, 2.05) is 18.2 Å². The largest absolute Gasteiger partial charge is 0.346 e. The molecule has 1 fully saturated rings. The van der Waals surface area contributed by atoms with Gasteiger partial charge < -0.3 is 16.0 Å². The molecule has 1 aromatic heterocycles. The molecule has 1 aliphatic heterocycles. The minimum Gasteiger partial charge on any atom is -0.346 e. The van der Waals surface area contributed by atoms with E-state index in [0.29, 0.717) is 23.8 Å². The van der Waals surface area contributed by atoms with Crippen LogP contribution < -0.4 is 16.0 Å². The summed E-state index contributed by atoms with van der Waals surface area (Å²) in [7, 11) is 0. The van der Waals surface area contributed by atoms with Crippen LogP contribution in [-0.2, 0) is 11.3 Å². The van der Waals surface area contributed by atoms with Crippen molar-refractivity contribution in [3.8, 4) is 0 Å². The molecular weight excluding hydrogens is 399 g/mol. The summed E-state index contributed by atoms with van der Waals surface area (Å²) >= 11 is 0. The monoisotopic (exact) mass is 424 g/mol. The third-order valence-electron chi connectivity index (χ3n) is 4.54. The van der Waals surface area contributed by atoms with Gasteiger partial charge in [-0.3, -0.25) is 14.6 Å². The van der Waals surface area contributed by atoms with Gasteiger partial charge in [0.15, 0.2) is 0 Å². The first kappa shape index (κ1) is 23.9. The van der Waals surface area contributed by atoms with E-state index in [-0.39, 0.29) is 42.5 Å². The predicted molar refractivity (Wildman–Crippen MR) is 115 cm³/mol. The summed E-state index contributed by atoms with van der Waals surface area (Å²) in [6.45, 7) is 3.31. The Morgan fingerprint density at radius 3 is 2.71 bits per heavy atom. The maximum atomic E-state index is 12.5. The average Bonchev–Trinajstić information content (AvgIpc) is 2.67. The summed E-state index contributed by atoms with van der Waals surface area (Å²) in [4.78, 5) is 29.0. The van der Waals surface area contributed by atoms with Crippen LogP contribution in [0.2, 0.25) is 0 Å². The van der Waals surface area contributed by atoms with Crippen molar-refractivity contribution in [1.29, 1.82) is 0 Å². The molecule has 1 saturated heterocycles. The molecule has 2 amide bonds. The molecule has 0 spiro atoms. The molecule has 0 unspecified atom stereocenters. The van der Waals surface area contributed by atoms with Gasteiger partial charge in [0.1, 0.15) is 0 Å². The fraction of sp³-hybridized carbons (Fsp3) is 0.350. The number of piperidine rings is 1. The minimum atomic E-state index is -0.192. The zero-order valence-corrected chi connectivity index (χ0v) is 17.3. The number of aromatic nitrogens is 1. The van der Waals surface area contributed by atoms with E-state index in [1.165, 1.54) is 0 Å². The van der Waals surface area contributed by atoms with Crippen LogP contribution in [0.1, 0.15) is 35.8 Å². The third-order valence-corrected chi connectivity index (χ3v) is 4.54. The van der Waals surface area contributed by atoms with E-state index in [2.05, 4.69) is 27.9 Å². The number of benzene rings is 1. The lowest BCUT2D eigenvalue weighted by molar-refractivity contribution is -0.120. The van der Waals surface area contributed by atoms with Gasteiger partial charge >= 0.3 is 0 Å². The van der Waals surface area contributed by atoms with Gasteiger partial charge in [0, 0.05) is 29.4 Å². The van der Waals surface area contributed by atoms with Crippen molar-refractivity contribution in [2.75, 3.05) is 11.9 Å². The zero-order valence-electron chi connectivity index (χ0n) is 15.7. The predicted octanol–water partition coefficient (Wildman–Crippen LogP) is 3.18. The van der Waals surface area contributed by atoms with E-state index in [0.717, 1.165) is 25.1 Å². The lowest BCUT2D eigenvalue weighted by Gasteiger charge is -2.27. The van der Waals surface area contributed by atoms with Crippen LogP contribution >= 0.6 is 24.8 Å². The number of hydrogen-bond donors (Lipinski definition) is 3. The first-order valence-electron chi connectivity index (χ1n) is 8.94. The van der Waals surface area contributed by atoms with Crippen molar-refractivity contribution in [1.82, 2.24) is 15.6 Å². The summed E-state index contributed by atoms with van der Waals surface area (Å²) < 4.78 is 0. The number of halogens is 2. The lowest BCUT2D eigenvalue weighted by atomic mass is 9.92.